The molecule has 3 aromatic carbocycles. The van der Waals surface area contributed by atoms with Crippen LogP contribution in [0.25, 0.3) is 17.0 Å². The minimum atomic E-state index is -4.63. The monoisotopic (exact) mass is 579 g/mol. The first-order valence-electron chi connectivity index (χ1n) is 12.5. The van der Waals surface area contributed by atoms with E-state index in [2.05, 4.69) is 16.0 Å². The molecule has 0 spiro atoms. The summed E-state index contributed by atoms with van der Waals surface area (Å²) in [6.45, 7) is 1.96. The summed E-state index contributed by atoms with van der Waals surface area (Å²) in [6.07, 6.45) is -1.10. The zero-order valence-corrected chi connectivity index (χ0v) is 22.8. The number of rotatable bonds is 7. The maximum absolute atomic E-state index is 13.2. The van der Waals surface area contributed by atoms with Gasteiger partial charge in [0.1, 0.15) is 12.3 Å². The van der Waals surface area contributed by atoms with Gasteiger partial charge in [-0.2, -0.15) is 13.2 Å². The molecule has 0 radical (unpaired) electrons. The van der Waals surface area contributed by atoms with Crippen molar-refractivity contribution in [1.82, 2.24) is 9.47 Å². The van der Waals surface area contributed by atoms with Gasteiger partial charge in [0.2, 0.25) is 5.91 Å². The Hall–Kier alpha value is -4.51. The highest BCUT2D eigenvalue weighted by molar-refractivity contribution is 8.18. The predicted molar refractivity (Wildman–Crippen MR) is 152 cm³/mol. The summed E-state index contributed by atoms with van der Waals surface area (Å²) in [5.74, 6) is -1.51. The number of fused-ring (bicyclic) bond motifs is 1. The first-order chi connectivity index (χ1) is 19.5. The van der Waals surface area contributed by atoms with Crippen LogP contribution in [0.5, 0.6) is 5.75 Å². The van der Waals surface area contributed by atoms with E-state index in [9.17, 15) is 27.6 Å². The van der Waals surface area contributed by atoms with Gasteiger partial charge < -0.3 is 14.6 Å². The SMILES string of the molecule is COc1ccc(C(F)(F)F)cc1NC(=O)CN1C(=O)S/C(=C\c2cn(Cc3cccc(C)c3)c3ccccc23)C1=O. The molecular weight excluding hydrogens is 555 g/mol. The summed E-state index contributed by atoms with van der Waals surface area (Å²) in [4.78, 5) is 39.4. The number of benzene rings is 3. The Bertz CT molecular complexity index is 1710. The number of amides is 3. The number of thioether (sulfide) groups is 1. The van der Waals surface area contributed by atoms with Gasteiger partial charge >= 0.3 is 6.18 Å². The highest BCUT2D eigenvalue weighted by atomic mass is 32.2. The molecule has 0 unspecified atom stereocenters. The topological polar surface area (TPSA) is 80.6 Å². The molecule has 1 fully saturated rings. The van der Waals surface area contributed by atoms with E-state index in [1.165, 1.54) is 7.11 Å². The highest BCUT2D eigenvalue weighted by Crippen LogP contribution is 2.36. The lowest BCUT2D eigenvalue weighted by atomic mass is 10.1. The van der Waals surface area contributed by atoms with Crippen molar-refractivity contribution in [2.45, 2.75) is 19.6 Å². The second-order valence-electron chi connectivity index (χ2n) is 9.45. The van der Waals surface area contributed by atoms with Crippen LogP contribution in [0.3, 0.4) is 0 Å². The van der Waals surface area contributed by atoms with Crippen LogP contribution in [0, 0.1) is 6.92 Å². The number of nitrogens with zero attached hydrogens (tertiary/aromatic N) is 2. The molecule has 4 aromatic rings. The van der Waals surface area contributed by atoms with Gasteiger partial charge in [-0.05, 0) is 54.6 Å². The molecule has 0 saturated carbocycles. The molecule has 0 atom stereocenters. The Labute approximate surface area is 237 Å². The number of anilines is 1. The third kappa shape index (κ3) is 5.99. The zero-order chi connectivity index (χ0) is 29.3. The van der Waals surface area contributed by atoms with E-state index in [0.717, 1.165) is 50.7 Å². The number of methoxy groups -OCH3 is 1. The number of imide groups is 1. The minimum Gasteiger partial charge on any atom is -0.495 e. The summed E-state index contributed by atoms with van der Waals surface area (Å²) in [5.41, 5.74) is 2.73. The quantitative estimate of drug-likeness (QED) is 0.247. The van der Waals surface area contributed by atoms with Gasteiger partial charge in [0.15, 0.2) is 0 Å². The number of aryl methyl sites for hydroxylation is 1. The Kier molecular flexibility index (Phi) is 7.63. The maximum Gasteiger partial charge on any atom is 0.416 e. The van der Waals surface area contributed by atoms with E-state index in [1.54, 1.807) is 6.08 Å². The fraction of sp³-hybridized carbons (Fsp3) is 0.167. The number of hydrogen-bond donors (Lipinski definition) is 1. The number of halogens is 3. The molecule has 1 N–H and O–H groups in total. The first-order valence-corrected chi connectivity index (χ1v) is 13.3. The summed E-state index contributed by atoms with van der Waals surface area (Å²) < 4.78 is 46.6. The second kappa shape index (κ2) is 11.2. The molecule has 5 rings (SSSR count). The number of carbonyl (C=O) groups is 3. The molecule has 2 heterocycles. The van der Waals surface area contributed by atoms with Gasteiger partial charge in [-0.3, -0.25) is 19.3 Å². The van der Waals surface area contributed by atoms with E-state index in [0.29, 0.717) is 18.3 Å². The lowest BCUT2D eigenvalue weighted by Gasteiger charge is -2.16. The number of para-hydroxylation sites is 1. The third-order valence-electron chi connectivity index (χ3n) is 6.52. The maximum atomic E-state index is 13.2. The Morgan fingerprint density at radius 3 is 2.56 bits per heavy atom. The Morgan fingerprint density at radius 1 is 1.05 bits per heavy atom. The van der Waals surface area contributed by atoms with E-state index >= 15 is 0 Å². The van der Waals surface area contributed by atoms with Crippen molar-refractivity contribution in [3.63, 3.8) is 0 Å². The van der Waals surface area contributed by atoms with Gasteiger partial charge in [0, 0.05) is 29.2 Å². The van der Waals surface area contributed by atoms with Crippen LogP contribution in [0.15, 0.2) is 77.8 Å². The molecule has 0 bridgehead atoms. The summed E-state index contributed by atoms with van der Waals surface area (Å²) >= 11 is 0.698. The molecule has 0 aliphatic carbocycles. The molecule has 3 amide bonds. The predicted octanol–water partition coefficient (Wildman–Crippen LogP) is 6.70. The number of ether oxygens (including phenoxy) is 1. The molecular formula is C30H24F3N3O4S. The Balaban J connectivity index is 1.36. The highest BCUT2D eigenvalue weighted by Gasteiger charge is 2.37. The largest absolute Gasteiger partial charge is 0.495 e. The van der Waals surface area contributed by atoms with E-state index in [4.69, 9.17) is 4.74 Å². The van der Waals surface area contributed by atoms with Crippen molar-refractivity contribution < 1.29 is 32.3 Å². The average molecular weight is 580 g/mol. The first kappa shape index (κ1) is 28.0. The number of alkyl halides is 3. The molecule has 1 aliphatic rings. The van der Waals surface area contributed by atoms with Crippen molar-refractivity contribution in [1.29, 1.82) is 0 Å². The minimum absolute atomic E-state index is 0.00226. The average Bonchev–Trinajstić information content (AvgIpc) is 3.39. The van der Waals surface area contributed by atoms with E-state index < -0.39 is 35.3 Å². The molecule has 210 valence electrons. The van der Waals surface area contributed by atoms with E-state index in [-0.39, 0.29) is 16.3 Å². The Morgan fingerprint density at radius 2 is 1.83 bits per heavy atom. The summed E-state index contributed by atoms with van der Waals surface area (Å²) in [7, 11) is 1.25. The van der Waals surface area contributed by atoms with Crippen molar-refractivity contribution in [2.24, 2.45) is 0 Å². The number of aromatic nitrogens is 1. The van der Waals surface area contributed by atoms with Crippen molar-refractivity contribution in [2.75, 3.05) is 19.0 Å². The van der Waals surface area contributed by atoms with Gasteiger partial charge in [-0.1, -0.05) is 48.0 Å². The number of carbonyl (C=O) groups excluding carboxylic acids is 3. The van der Waals surface area contributed by atoms with Crippen LogP contribution >= 0.6 is 11.8 Å². The van der Waals surface area contributed by atoms with Crippen LogP contribution < -0.4 is 10.1 Å². The number of nitrogens with one attached hydrogen (secondary N) is 1. The normalized spacial score (nSPS) is 14.8. The molecule has 1 aliphatic heterocycles. The van der Waals surface area contributed by atoms with Crippen molar-refractivity contribution >= 4 is 51.5 Å². The van der Waals surface area contributed by atoms with Crippen molar-refractivity contribution in [3.05, 3.63) is 100 Å². The van der Waals surface area contributed by atoms with Crippen LogP contribution in [0.4, 0.5) is 23.7 Å². The summed E-state index contributed by atoms with van der Waals surface area (Å²) in [5, 5.41) is 2.55. The number of hydrogen-bond acceptors (Lipinski definition) is 5. The third-order valence-corrected chi connectivity index (χ3v) is 7.43. The van der Waals surface area contributed by atoms with Crippen LogP contribution in [-0.2, 0) is 22.3 Å². The molecule has 1 saturated heterocycles. The van der Waals surface area contributed by atoms with Crippen LogP contribution in [0.1, 0.15) is 22.3 Å². The molecule has 11 heteroatoms. The van der Waals surface area contributed by atoms with E-state index in [1.807, 2.05) is 55.6 Å². The fourth-order valence-corrected chi connectivity index (χ4v) is 5.45. The van der Waals surface area contributed by atoms with Gasteiger partial charge in [0.05, 0.1) is 23.3 Å². The van der Waals surface area contributed by atoms with Crippen LogP contribution in [0.2, 0.25) is 0 Å². The molecule has 1 aromatic heterocycles. The lowest BCUT2D eigenvalue weighted by Crippen LogP contribution is -2.36. The van der Waals surface area contributed by atoms with Gasteiger partial charge in [0.25, 0.3) is 11.1 Å². The van der Waals surface area contributed by atoms with Gasteiger partial charge in [-0.15, -0.1) is 0 Å². The van der Waals surface area contributed by atoms with Gasteiger partial charge in [-0.25, -0.2) is 0 Å². The molecule has 41 heavy (non-hydrogen) atoms. The van der Waals surface area contributed by atoms with Crippen LogP contribution in [-0.4, -0.2) is 40.2 Å². The zero-order valence-electron chi connectivity index (χ0n) is 22.0. The standard InChI is InChI=1S/C30H24F3N3O4S/c1-18-6-5-7-19(12-18)15-35-16-20(22-8-3-4-9-24(22)35)13-26-28(38)36(29(39)41-26)17-27(37)34-23-14-21(30(31,32)33)10-11-25(23)40-2/h3-14,16H,15,17H2,1-2H3,(H,34,37)/b26-13-. The summed E-state index contributed by atoms with van der Waals surface area (Å²) in [6, 6.07) is 18.5. The fourth-order valence-electron chi connectivity index (χ4n) is 4.62. The lowest BCUT2D eigenvalue weighted by molar-refractivity contribution is -0.137. The smallest absolute Gasteiger partial charge is 0.416 e. The molecule has 7 nitrogen and oxygen atoms in total. The second-order valence-corrected chi connectivity index (χ2v) is 10.4. The van der Waals surface area contributed by atoms with Crippen molar-refractivity contribution in [3.8, 4) is 5.75 Å².